The predicted octanol–water partition coefficient (Wildman–Crippen LogP) is 1.49. The smallest absolute Gasteiger partial charge is 0.0522 e. The molecule has 0 radical (unpaired) electrons. The molecule has 0 atom stereocenters. The number of hydrogen-bond donors (Lipinski definition) is 1. The number of nitrogens with zero attached hydrogens (tertiary/aromatic N) is 3. The number of aromatic nitrogens is 2. The molecule has 0 amide bonds. The lowest BCUT2D eigenvalue weighted by Crippen LogP contribution is -2.41. The van der Waals surface area contributed by atoms with Crippen LogP contribution in [0.25, 0.3) is 0 Å². The maximum absolute atomic E-state index is 4.19. The fourth-order valence-corrected chi connectivity index (χ4v) is 2.33. The Balaban J connectivity index is 0.00000144. The Hall–Kier alpha value is -0.290. The number of aryl methyl sites for hydroxylation is 1. The second kappa shape index (κ2) is 8.75. The first-order valence-electron chi connectivity index (χ1n) is 6.15. The zero-order valence-electron chi connectivity index (χ0n) is 11.1. The highest BCUT2D eigenvalue weighted by atomic mass is 35.5. The molecular weight excluding hydrogens is 271 g/mol. The molecule has 0 saturated carbocycles. The van der Waals surface area contributed by atoms with Gasteiger partial charge < -0.3 is 10.2 Å². The minimum atomic E-state index is 0. The Kier molecular flexibility index (Phi) is 8.61. The number of rotatable bonds is 4. The quantitative estimate of drug-likeness (QED) is 0.913. The van der Waals surface area contributed by atoms with Crippen LogP contribution in [-0.4, -0.2) is 47.4 Å². The summed E-state index contributed by atoms with van der Waals surface area (Å²) in [5, 5.41) is 7.56. The topological polar surface area (TPSA) is 33.1 Å². The molecule has 1 N–H and O–H groups in total. The first-order chi connectivity index (χ1) is 7.78. The highest BCUT2D eigenvalue weighted by Crippen LogP contribution is 2.10. The first kappa shape index (κ1) is 17.7. The number of piperidine rings is 1. The highest BCUT2D eigenvalue weighted by Gasteiger charge is 2.17. The summed E-state index contributed by atoms with van der Waals surface area (Å²) in [4.78, 5) is 2.56. The molecule has 1 fully saturated rings. The first-order valence-corrected chi connectivity index (χ1v) is 6.15. The van der Waals surface area contributed by atoms with Gasteiger partial charge in [-0.25, -0.2) is 0 Å². The van der Waals surface area contributed by atoms with Crippen molar-refractivity contribution in [3.05, 3.63) is 18.0 Å². The van der Waals surface area contributed by atoms with E-state index in [-0.39, 0.29) is 24.8 Å². The molecule has 106 valence electrons. The Labute approximate surface area is 122 Å². The van der Waals surface area contributed by atoms with Crippen molar-refractivity contribution in [2.75, 3.05) is 26.7 Å². The van der Waals surface area contributed by atoms with E-state index in [1.165, 1.54) is 38.0 Å². The Morgan fingerprint density at radius 1 is 1.33 bits per heavy atom. The van der Waals surface area contributed by atoms with Crippen molar-refractivity contribution in [2.45, 2.75) is 25.3 Å². The molecule has 1 aliphatic heterocycles. The third kappa shape index (κ3) is 5.14. The summed E-state index contributed by atoms with van der Waals surface area (Å²) >= 11 is 0. The van der Waals surface area contributed by atoms with Crippen LogP contribution < -0.4 is 5.32 Å². The van der Waals surface area contributed by atoms with Gasteiger partial charge in [-0.15, -0.1) is 24.8 Å². The predicted molar refractivity (Wildman–Crippen MR) is 79.9 cm³/mol. The molecule has 4 nitrogen and oxygen atoms in total. The lowest BCUT2D eigenvalue weighted by Gasteiger charge is -2.31. The highest BCUT2D eigenvalue weighted by molar-refractivity contribution is 5.85. The molecular formula is C12H24Cl2N4. The number of halogens is 2. The molecule has 0 bridgehead atoms. The molecule has 1 saturated heterocycles. The molecule has 0 aliphatic carbocycles. The van der Waals surface area contributed by atoms with Crippen LogP contribution in [0.2, 0.25) is 0 Å². The van der Waals surface area contributed by atoms with Gasteiger partial charge in [0.2, 0.25) is 0 Å². The molecule has 1 aromatic rings. The van der Waals surface area contributed by atoms with Crippen LogP contribution >= 0.6 is 24.8 Å². The fourth-order valence-electron chi connectivity index (χ4n) is 2.33. The summed E-state index contributed by atoms with van der Waals surface area (Å²) < 4.78 is 1.88. The summed E-state index contributed by atoms with van der Waals surface area (Å²) in [5.74, 6) is 0. The van der Waals surface area contributed by atoms with Crippen molar-refractivity contribution in [2.24, 2.45) is 7.05 Å². The van der Waals surface area contributed by atoms with Gasteiger partial charge in [-0.3, -0.25) is 4.68 Å². The molecule has 2 heterocycles. The van der Waals surface area contributed by atoms with Crippen LogP contribution in [0.1, 0.15) is 18.4 Å². The van der Waals surface area contributed by atoms with Crippen molar-refractivity contribution in [1.29, 1.82) is 0 Å². The zero-order chi connectivity index (χ0) is 11.4. The van der Waals surface area contributed by atoms with E-state index in [2.05, 4.69) is 28.6 Å². The van der Waals surface area contributed by atoms with Crippen molar-refractivity contribution < 1.29 is 0 Å². The van der Waals surface area contributed by atoms with Crippen LogP contribution in [0.5, 0.6) is 0 Å². The van der Waals surface area contributed by atoms with E-state index in [0.29, 0.717) is 0 Å². The Morgan fingerprint density at radius 2 is 2.00 bits per heavy atom. The van der Waals surface area contributed by atoms with Crippen molar-refractivity contribution >= 4 is 24.8 Å². The van der Waals surface area contributed by atoms with E-state index in [1.807, 2.05) is 17.9 Å². The normalized spacial score (nSPS) is 17.0. The van der Waals surface area contributed by atoms with E-state index >= 15 is 0 Å². The van der Waals surface area contributed by atoms with Gasteiger partial charge in [-0.2, -0.15) is 5.10 Å². The molecule has 2 rings (SSSR count). The Bertz CT molecular complexity index is 322. The summed E-state index contributed by atoms with van der Waals surface area (Å²) in [6.07, 6.45) is 7.77. The number of likely N-dealkylation sites (tertiary alicyclic amines) is 1. The molecule has 0 aromatic carbocycles. The number of nitrogens with one attached hydrogen (secondary N) is 1. The lowest BCUT2D eigenvalue weighted by atomic mass is 10.0. The average molecular weight is 295 g/mol. The van der Waals surface area contributed by atoms with Gasteiger partial charge in [0, 0.05) is 25.8 Å². The van der Waals surface area contributed by atoms with Crippen molar-refractivity contribution in [3.63, 3.8) is 0 Å². The minimum absolute atomic E-state index is 0. The van der Waals surface area contributed by atoms with Gasteiger partial charge in [-0.1, -0.05) is 0 Å². The maximum atomic E-state index is 4.19. The SMILES string of the molecule is CNC1CCN(CCc2cnn(C)c2)CC1.Cl.Cl. The molecule has 0 unspecified atom stereocenters. The van der Waals surface area contributed by atoms with Crippen LogP contribution in [0, 0.1) is 0 Å². The largest absolute Gasteiger partial charge is 0.317 e. The summed E-state index contributed by atoms with van der Waals surface area (Å²) in [6, 6.07) is 0.731. The molecule has 1 aromatic heterocycles. The van der Waals surface area contributed by atoms with Gasteiger partial charge in [-0.05, 0) is 45.0 Å². The van der Waals surface area contributed by atoms with Crippen molar-refractivity contribution in [3.8, 4) is 0 Å². The summed E-state index contributed by atoms with van der Waals surface area (Å²) in [5.41, 5.74) is 1.35. The number of hydrogen-bond acceptors (Lipinski definition) is 3. The van der Waals surface area contributed by atoms with E-state index in [4.69, 9.17) is 0 Å². The van der Waals surface area contributed by atoms with Crippen LogP contribution in [-0.2, 0) is 13.5 Å². The summed E-state index contributed by atoms with van der Waals surface area (Å²) in [7, 11) is 4.04. The Morgan fingerprint density at radius 3 is 2.50 bits per heavy atom. The van der Waals surface area contributed by atoms with Gasteiger partial charge in [0.1, 0.15) is 0 Å². The van der Waals surface area contributed by atoms with Crippen molar-refractivity contribution in [1.82, 2.24) is 20.0 Å². The molecule has 18 heavy (non-hydrogen) atoms. The molecule has 1 aliphatic rings. The summed E-state index contributed by atoms with van der Waals surface area (Å²) in [6.45, 7) is 3.62. The maximum Gasteiger partial charge on any atom is 0.0522 e. The standard InChI is InChI=1S/C12H22N4.2ClH/c1-13-12-4-7-16(8-5-12)6-3-11-9-14-15(2)10-11;;/h9-10,12-13H,3-8H2,1-2H3;2*1H. The zero-order valence-corrected chi connectivity index (χ0v) is 12.8. The van der Waals surface area contributed by atoms with Gasteiger partial charge in [0.05, 0.1) is 6.20 Å². The van der Waals surface area contributed by atoms with E-state index < -0.39 is 0 Å². The van der Waals surface area contributed by atoms with E-state index in [0.717, 1.165) is 12.5 Å². The lowest BCUT2D eigenvalue weighted by molar-refractivity contribution is 0.204. The van der Waals surface area contributed by atoms with Crippen LogP contribution in [0.3, 0.4) is 0 Å². The van der Waals surface area contributed by atoms with Gasteiger partial charge >= 0.3 is 0 Å². The second-order valence-electron chi connectivity index (χ2n) is 4.68. The van der Waals surface area contributed by atoms with Gasteiger partial charge in [0.25, 0.3) is 0 Å². The van der Waals surface area contributed by atoms with E-state index in [1.54, 1.807) is 0 Å². The molecule has 6 heteroatoms. The fraction of sp³-hybridized carbons (Fsp3) is 0.750. The second-order valence-corrected chi connectivity index (χ2v) is 4.68. The average Bonchev–Trinajstić information content (AvgIpc) is 2.73. The minimum Gasteiger partial charge on any atom is -0.317 e. The van der Waals surface area contributed by atoms with Gasteiger partial charge in [0.15, 0.2) is 0 Å². The van der Waals surface area contributed by atoms with Crippen LogP contribution in [0.15, 0.2) is 12.4 Å². The third-order valence-electron chi connectivity index (χ3n) is 3.47. The van der Waals surface area contributed by atoms with E-state index in [9.17, 15) is 0 Å². The molecule has 0 spiro atoms. The third-order valence-corrected chi connectivity index (χ3v) is 3.47. The monoisotopic (exact) mass is 294 g/mol. The van der Waals surface area contributed by atoms with Crippen LogP contribution in [0.4, 0.5) is 0 Å².